The molecular weight excluding hydrogens is 372 g/mol. The lowest BCUT2D eigenvalue weighted by Gasteiger charge is -2.33. The van der Waals surface area contributed by atoms with Gasteiger partial charge in [-0.2, -0.15) is 5.26 Å². The molecule has 1 saturated heterocycles. The van der Waals surface area contributed by atoms with Gasteiger partial charge in [-0.25, -0.2) is 18.1 Å². The topological polar surface area (TPSA) is 86.1 Å². The Balaban J connectivity index is 1.61. The number of nitriles is 1. The quantitative estimate of drug-likeness (QED) is 0.836. The average molecular weight is 399 g/mol. The van der Waals surface area contributed by atoms with Gasteiger partial charge in [0.1, 0.15) is 11.9 Å². The third-order valence-corrected chi connectivity index (χ3v) is 7.03. The van der Waals surface area contributed by atoms with E-state index in [2.05, 4.69) is 20.7 Å². The monoisotopic (exact) mass is 398 g/mol. The molecule has 0 unspecified atom stereocenters. The van der Waals surface area contributed by atoms with Gasteiger partial charge in [-0.3, -0.25) is 0 Å². The van der Waals surface area contributed by atoms with E-state index in [-0.39, 0.29) is 5.92 Å². The van der Waals surface area contributed by atoms with Crippen LogP contribution in [0.3, 0.4) is 0 Å². The Morgan fingerprint density at radius 3 is 2.54 bits per heavy atom. The number of aryl methyl sites for hydroxylation is 3. The fraction of sp³-hybridized carbons (Fsp3) is 0.429. The van der Waals surface area contributed by atoms with Crippen molar-refractivity contribution in [1.29, 1.82) is 5.26 Å². The summed E-state index contributed by atoms with van der Waals surface area (Å²) in [7, 11) is -3.52. The fourth-order valence-electron chi connectivity index (χ4n) is 3.61. The van der Waals surface area contributed by atoms with Gasteiger partial charge < -0.3 is 4.90 Å². The van der Waals surface area contributed by atoms with E-state index in [1.807, 2.05) is 26.8 Å². The number of pyridine rings is 1. The zero-order chi connectivity index (χ0) is 20.3. The Morgan fingerprint density at radius 1 is 1.18 bits per heavy atom. The highest BCUT2D eigenvalue weighted by Gasteiger charge is 2.24. The molecule has 1 aliphatic heterocycles. The van der Waals surface area contributed by atoms with Crippen LogP contribution in [0, 0.1) is 38.0 Å². The number of nitrogens with zero attached hydrogens (tertiary/aromatic N) is 3. The normalized spacial score (nSPS) is 15.4. The minimum atomic E-state index is -3.52. The summed E-state index contributed by atoms with van der Waals surface area (Å²) in [5.41, 5.74) is 3.41. The Kier molecular flexibility index (Phi) is 6.01. The van der Waals surface area contributed by atoms with Crippen molar-refractivity contribution in [1.82, 2.24) is 9.71 Å². The smallest absolute Gasteiger partial charge is 0.240 e. The van der Waals surface area contributed by atoms with E-state index in [0.717, 1.165) is 48.4 Å². The maximum absolute atomic E-state index is 12.8. The van der Waals surface area contributed by atoms with E-state index in [9.17, 15) is 13.7 Å². The first-order chi connectivity index (χ1) is 13.3. The van der Waals surface area contributed by atoms with Crippen molar-refractivity contribution in [2.75, 3.05) is 24.5 Å². The summed E-state index contributed by atoms with van der Waals surface area (Å²) in [6, 6.07) is 9.39. The molecule has 1 aromatic carbocycles. The van der Waals surface area contributed by atoms with Gasteiger partial charge in [-0.15, -0.1) is 0 Å². The predicted molar refractivity (Wildman–Crippen MR) is 110 cm³/mol. The molecule has 1 aromatic heterocycles. The molecule has 0 amide bonds. The van der Waals surface area contributed by atoms with E-state index in [1.165, 1.54) is 0 Å². The first kappa shape index (κ1) is 20.3. The van der Waals surface area contributed by atoms with Crippen LogP contribution in [0.25, 0.3) is 0 Å². The lowest BCUT2D eigenvalue weighted by Crippen LogP contribution is -2.39. The second-order valence-corrected chi connectivity index (χ2v) is 9.21. The number of rotatable bonds is 5. The van der Waals surface area contributed by atoms with Gasteiger partial charge in [-0.1, -0.05) is 6.07 Å². The summed E-state index contributed by atoms with van der Waals surface area (Å²) in [5.74, 6) is 0.988. The van der Waals surface area contributed by atoms with Gasteiger partial charge in [0.05, 0.1) is 10.5 Å². The van der Waals surface area contributed by atoms with E-state index in [4.69, 9.17) is 0 Å². The summed E-state index contributed by atoms with van der Waals surface area (Å²) in [6.45, 7) is 7.70. The molecule has 28 heavy (non-hydrogen) atoms. The van der Waals surface area contributed by atoms with Gasteiger partial charge in [0.25, 0.3) is 0 Å². The maximum atomic E-state index is 12.8. The molecule has 0 aliphatic carbocycles. The average Bonchev–Trinajstić information content (AvgIpc) is 2.69. The molecule has 3 rings (SSSR count). The van der Waals surface area contributed by atoms with E-state index in [0.29, 0.717) is 17.0 Å². The number of hydrogen-bond donors (Lipinski definition) is 1. The van der Waals surface area contributed by atoms with Gasteiger partial charge in [-0.05, 0) is 74.4 Å². The van der Waals surface area contributed by atoms with Gasteiger partial charge >= 0.3 is 0 Å². The standard InChI is InChI=1S/C21H26N4O2S/c1-15-11-17(3)20(12-16(15)2)28(26,27)24-14-18-6-9-25(10-7-18)21-19(13-22)5-4-8-23-21/h4-5,8,11-12,18,24H,6-7,9-10,14H2,1-3H3. The summed E-state index contributed by atoms with van der Waals surface area (Å²) >= 11 is 0. The Hall–Kier alpha value is -2.43. The van der Waals surface area contributed by atoms with Crippen LogP contribution in [-0.4, -0.2) is 33.0 Å². The second kappa shape index (κ2) is 8.29. The van der Waals surface area contributed by atoms with Crippen molar-refractivity contribution in [3.63, 3.8) is 0 Å². The van der Waals surface area contributed by atoms with Crippen molar-refractivity contribution in [3.05, 3.63) is 52.7 Å². The minimum absolute atomic E-state index is 0.270. The number of sulfonamides is 1. The Morgan fingerprint density at radius 2 is 1.86 bits per heavy atom. The van der Waals surface area contributed by atoms with Crippen LogP contribution >= 0.6 is 0 Å². The van der Waals surface area contributed by atoms with Crippen molar-refractivity contribution in [2.45, 2.75) is 38.5 Å². The Labute approximate surface area is 167 Å². The largest absolute Gasteiger partial charge is 0.356 e. The predicted octanol–water partition coefficient (Wildman–Crippen LogP) is 3.07. The van der Waals surface area contributed by atoms with Crippen LogP contribution in [0.2, 0.25) is 0 Å². The van der Waals surface area contributed by atoms with Crippen molar-refractivity contribution in [2.24, 2.45) is 5.92 Å². The molecule has 6 nitrogen and oxygen atoms in total. The molecule has 148 valence electrons. The highest BCUT2D eigenvalue weighted by atomic mass is 32.2. The molecule has 1 N–H and O–H groups in total. The maximum Gasteiger partial charge on any atom is 0.240 e. The summed E-state index contributed by atoms with van der Waals surface area (Å²) in [5, 5.41) is 9.25. The van der Waals surface area contributed by atoms with Crippen LogP contribution < -0.4 is 9.62 Å². The van der Waals surface area contributed by atoms with Gasteiger partial charge in [0.15, 0.2) is 0 Å². The molecule has 0 atom stereocenters. The molecule has 7 heteroatoms. The summed E-state index contributed by atoms with van der Waals surface area (Å²) < 4.78 is 28.3. The Bertz CT molecular complexity index is 1000. The number of aromatic nitrogens is 1. The van der Waals surface area contributed by atoms with Crippen molar-refractivity contribution >= 4 is 15.8 Å². The molecular formula is C21H26N4O2S. The highest BCUT2D eigenvalue weighted by molar-refractivity contribution is 7.89. The zero-order valence-electron chi connectivity index (χ0n) is 16.6. The van der Waals surface area contributed by atoms with Crippen LogP contribution in [0.1, 0.15) is 35.1 Å². The van der Waals surface area contributed by atoms with Gasteiger partial charge in [0.2, 0.25) is 10.0 Å². The first-order valence-corrected chi connectivity index (χ1v) is 11.0. The lowest BCUT2D eigenvalue weighted by molar-refractivity contribution is 0.400. The SMILES string of the molecule is Cc1cc(C)c(S(=O)(=O)NCC2CCN(c3ncccc3C#N)CC2)cc1C. The van der Waals surface area contributed by atoms with Crippen molar-refractivity contribution < 1.29 is 8.42 Å². The third-order valence-electron chi connectivity index (χ3n) is 5.46. The van der Waals surface area contributed by atoms with Crippen molar-refractivity contribution in [3.8, 4) is 6.07 Å². The number of nitrogens with one attached hydrogen (secondary N) is 1. The summed E-state index contributed by atoms with van der Waals surface area (Å²) in [4.78, 5) is 6.81. The van der Waals surface area contributed by atoms with E-state index >= 15 is 0 Å². The molecule has 1 fully saturated rings. The van der Waals surface area contributed by atoms with E-state index < -0.39 is 10.0 Å². The molecule has 0 spiro atoms. The van der Waals surface area contributed by atoms with Crippen LogP contribution in [-0.2, 0) is 10.0 Å². The van der Waals surface area contributed by atoms with Crippen LogP contribution in [0.5, 0.6) is 0 Å². The molecule has 2 heterocycles. The molecule has 0 bridgehead atoms. The lowest BCUT2D eigenvalue weighted by atomic mass is 9.97. The zero-order valence-corrected chi connectivity index (χ0v) is 17.4. The van der Waals surface area contributed by atoms with Gasteiger partial charge in [0, 0.05) is 25.8 Å². The fourth-order valence-corrected chi connectivity index (χ4v) is 5.04. The third kappa shape index (κ3) is 4.34. The molecule has 1 aliphatic rings. The minimum Gasteiger partial charge on any atom is -0.356 e. The summed E-state index contributed by atoms with van der Waals surface area (Å²) in [6.07, 6.45) is 3.41. The number of benzene rings is 1. The number of anilines is 1. The highest BCUT2D eigenvalue weighted by Crippen LogP contribution is 2.25. The molecule has 2 aromatic rings. The van der Waals surface area contributed by atoms with Crippen LogP contribution in [0.15, 0.2) is 35.4 Å². The molecule has 0 saturated carbocycles. The number of piperidine rings is 1. The molecule has 0 radical (unpaired) electrons. The number of hydrogen-bond acceptors (Lipinski definition) is 5. The second-order valence-electron chi connectivity index (χ2n) is 7.47. The van der Waals surface area contributed by atoms with E-state index in [1.54, 1.807) is 24.4 Å². The first-order valence-electron chi connectivity index (χ1n) is 9.49. The van der Waals surface area contributed by atoms with Crippen LogP contribution in [0.4, 0.5) is 5.82 Å².